The van der Waals surface area contributed by atoms with Crippen LogP contribution in [0.5, 0.6) is 0 Å². The molecule has 2 heterocycles. The molecule has 1 aromatic heterocycles. The standard InChI is InChI=1S/C17H19N3O/c1-11-3-4-13(12(2)7-11)14-8-15(19-18-14)16(21)20-9-17(10-20)5-6-17/h3-4,7-8H,5-6,9-10H2,1-2H3,(H,18,19). The van der Waals surface area contributed by atoms with E-state index in [2.05, 4.69) is 42.2 Å². The van der Waals surface area contributed by atoms with Gasteiger partial charge in [-0.05, 0) is 38.3 Å². The monoisotopic (exact) mass is 281 g/mol. The van der Waals surface area contributed by atoms with E-state index in [1.165, 1.54) is 24.0 Å². The van der Waals surface area contributed by atoms with Crippen molar-refractivity contribution in [1.82, 2.24) is 15.1 Å². The molecule has 1 amide bonds. The van der Waals surface area contributed by atoms with Gasteiger partial charge in [0.05, 0.1) is 5.69 Å². The normalized spacial score (nSPS) is 18.7. The number of aromatic amines is 1. The number of H-pyrrole nitrogens is 1. The highest BCUT2D eigenvalue weighted by molar-refractivity contribution is 5.94. The number of rotatable bonds is 2. The van der Waals surface area contributed by atoms with E-state index in [-0.39, 0.29) is 5.91 Å². The molecule has 1 aliphatic heterocycles. The van der Waals surface area contributed by atoms with Crippen LogP contribution in [-0.2, 0) is 0 Å². The molecule has 1 saturated carbocycles. The lowest BCUT2D eigenvalue weighted by atomic mass is 9.96. The first-order valence-corrected chi connectivity index (χ1v) is 7.49. The number of carbonyl (C=O) groups is 1. The third kappa shape index (κ3) is 2.06. The van der Waals surface area contributed by atoms with Gasteiger partial charge in [-0.2, -0.15) is 5.10 Å². The Morgan fingerprint density at radius 3 is 2.67 bits per heavy atom. The number of hydrogen-bond acceptors (Lipinski definition) is 2. The summed E-state index contributed by atoms with van der Waals surface area (Å²) in [6, 6.07) is 8.15. The van der Waals surface area contributed by atoms with Gasteiger partial charge in [0.25, 0.3) is 5.91 Å². The molecule has 21 heavy (non-hydrogen) atoms. The summed E-state index contributed by atoms with van der Waals surface area (Å²) in [5, 5.41) is 7.22. The molecule has 0 radical (unpaired) electrons. The Labute approximate surface area is 124 Å². The average molecular weight is 281 g/mol. The van der Waals surface area contributed by atoms with Gasteiger partial charge in [0, 0.05) is 24.1 Å². The largest absolute Gasteiger partial charge is 0.336 e. The second kappa shape index (κ2) is 4.20. The lowest BCUT2D eigenvalue weighted by molar-refractivity contribution is 0.0437. The van der Waals surface area contributed by atoms with Gasteiger partial charge in [0.2, 0.25) is 0 Å². The molecule has 2 aliphatic rings. The maximum absolute atomic E-state index is 12.4. The fourth-order valence-electron chi connectivity index (χ4n) is 3.24. The Balaban J connectivity index is 1.56. The quantitative estimate of drug-likeness (QED) is 0.920. The van der Waals surface area contributed by atoms with E-state index in [9.17, 15) is 4.79 Å². The summed E-state index contributed by atoms with van der Waals surface area (Å²) in [5.41, 5.74) is 5.43. The van der Waals surface area contributed by atoms with Crippen LogP contribution < -0.4 is 0 Å². The van der Waals surface area contributed by atoms with Gasteiger partial charge < -0.3 is 4.90 Å². The summed E-state index contributed by atoms with van der Waals surface area (Å²) < 4.78 is 0. The van der Waals surface area contributed by atoms with Gasteiger partial charge >= 0.3 is 0 Å². The summed E-state index contributed by atoms with van der Waals surface area (Å²) in [7, 11) is 0. The Morgan fingerprint density at radius 1 is 1.24 bits per heavy atom. The lowest BCUT2D eigenvalue weighted by Gasteiger charge is -2.39. The maximum atomic E-state index is 12.4. The van der Waals surface area contributed by atoms with Gasteiger partial charge in [-0.1, -0.05) is 23.8 Å². The van der Waals surface area contributed by atoms with E-state index >= 15 is 0 Å². The minimum absolute atomic E-state index is 0.0797. The molecule has 2 fully saturated rings. The number of nitrogens with one attached hydrogen (secondary N) is 1. The molecule has 1 aliphatic carbocycles. The first-order chi connectivity index (χ1) is 10.1. The number of carbonyl (C=O) groups excluding carboxylic acids is 1. The van der Waals surface area contributed by atoms with Crippen molar-refractivity contribution in [2.45, 2.75) is 26.7 Å². The Morgan fingerprint density at radius 2 is 2.00 bits per heavy atom. The molecular weight excluding hydrogens is 262 g/mol. The van der Waals surface area contributed by atoms with Crippen LogP contribution >= 0.6 is 0 Å². The van der Waals surface area contributed by atoms with Crippen molar-refractivity contribution >= 4 is 5.91 Å². The highest BCUT2D eigenvalue weighted by Gasteiger charge is 2.53. The SMILES string of the molecule is Cc1ccc(-c2cc(C(=O)N3CC4(CC4)C3)[nH]n2)c(C)c1. The third-order valence-electron chi connectivity index (χ3n) is 4.76. The van der Waals surface area contributed by atoms with Crippen molar-refractivity contribution in [2.24, 2.45) is 5.41 Å². The smallest absolute Gasteiger partial charge is 0.271 e. The molecule has 1 aromatic carbocycles. The van der Waals surface area contributed by atoms with Gasteiger partial charge in [-0.15, -0.1) is 0 Å². The third-order valence-corrected chi connectivity index (χ3v) is 4.76. The van der Waals surface area contributed by atoms with Crippen LogP contribution in [0.15, 0.2) is 24.3 Å². The van der Waals surface area contributed by atoms with Crippen LogP contribution in [0.2, 0.25) is 0 Å². The molecule has 2 aromatic rings. The lowest BCUT2D eigenvalue weighted by Crippen LogP contribution is -2.51. The number of amides is 1. The second-order valence-electron chi connectivity index (χ2n) is 6.65. The molecule has 1 saturated heterocycles. The first kappa shape index (κ1) is 12.6. The molecule has 4 heteroatoms. The fourth-order valence-corrected chi connectivity index (χ4v) is 3.24. The topological polar surface area (TPSA) is 49.0 Å². The van der Waals surface area contributed by atoms with Crippen LogP contribution in [0, 0.1) is 19.3 Å². The van der Waals surface area contributed by atoms with Crippen LogP contribution in [-0.4, -0.2) is 34.1 Å². The van der Waals surface area contributed by atoms with Gasteiger partial charge in [-0.3, -0.25) is 9.89 Å². The average Bonchev–Trinajstić information content (AvgIpc) is 3.07. The molecule has 4 nitrogen and oxygen atoms in total. The highest BCUT2D eigenvalue weighted by Crippen LogP contribution is 2.53. The molecule has 1 spiro atoms. The number of hydrogen-bond donors (Lipinski definition) is 1. The van der Waals surface area contributed by atoms with Crippen molar-refractivity contribution in [3.63, 3.8) is 0 Å². The summed E-state index contributed by atoms with van der Waals surface area (Å²) in [6.45, 7) is 5.99. The van der Waals surface area contributed by atoms with Crippen molar-refractivity contribution in [2.75, 3.05) is 13.1 Å². The van der Waals surface area contributed by atoms with Crippen molar-refractivity contribution in [3.8, 4) is 11.3 Å². The molecule has 0 bridgehead atoms. The predicted molar refractivity (Wildman–Crippen MR) is 81.1 cm³/mol. The summed E-state index contributed by atoms with van der Waals surface area (Å²) >= 11 is 0. The Hall–Kier alpha value is -2.10. The van der Waals surface area contributed by atoms with Crippen molar-refractivity contribution in [1.29, 1.82) is 0 Å². The van der Waals surface area contributed by atoms with E-state index in [0.29, 0.717) is 11.1 Å². The zero-order chi connectivity index (χ0) is 14.6. The van der Waals surface area contributed by atoms with Gasteiger partial charge in [0.1, 0.15) is 5.69 Å². The van der Waals surface area contributed by atoms with Crippen LogP contribution in [0.3, 0.4) is 0 Å². The van der Waals surface area contributed by atoms with Gasteiger partial charge in [0.15, 0.2) is 0 Å². The summed E-state index contributed by atoms with van der Waals surface area (Å²) in [5.74, 6) is 0.0797. The van der Waals surface area contributed by atoms with Crippen LogP contribution in [0.25, 0.3) is 11.3 Å². The summed E-state index contributed by atoms with van der Waals surface area (Å²) in [6.07, 6.45) is 2.57. The van der Waals surface area contributed by atoms with E-state index in [1.807, 2.05) is 11.0 Å². The van der Waals surface area contributed by atoms with E-state index < -0.39 is 0 Å². The molecule has 0 atom stereocenters. The number of nitrogens with zero attached hydrogens (tertiary/aromatic N) is 2. The second-order valence-corrected chi connectivity index (χ2v) is 6.65. The zero-order valence-electron chi connectivity index (χ0n) is 12.4. The number of aryl methyl sites for hydroxylation is 2. The minimum atomic E-state index is 0.0797. The van der Waals surface area contributed by atoms with Gasteiger partial charge in [-0.25, -0.2) is 0 Å². The molecule has 1 N–H and O–H groups in total. The first-order valence-electron chi connectivity index (χ1n) is 7.49. The molecular formula is C17H19N3O. The maximum Gasteiger partial charge on any atom is 0.271 e. The predicted octanol–water partition coefficient (Wildman–Crippen LogP) is 2.93. The summed E-state index contributed by atoms with van der Waals surface area (Å²) in [4.78, 5) is 14.3. The Bertz CT molecular complexity index is 719. The van der Waals surface area contributed by atoms with E-state index in [0.717, 1.165) is 24.3 Å². The fraction of sp³-hybridized carbons (Fsp3) is 0.412. The number of aromatic nitrogens is 2. The van der Waals surface area contributed by atoms with E-state index in [4.69, 9.17) is 0 Å². The molecule has 4 rings (SSSR count). The van der Waals surface area contributed by atoms with Crippen molar-refractivity contribution in [3.05, 3.63) is 41.1 Å². The zero-order valence-corrected chi connectivity index (χ0v) is 12.4. The van der Waals surface area contributed by atoms with Crippen LogP contribution in [0.1, 0.15) is 34.5 Å². The Kier molecular flexibility index (Phi) is 2.52. The number of benzene rings is 1. The van der Waals surface area contributed by atoms with Crippen molar-refractivity contribution < 1.29 is 4.79 Å². The van der Waals surface area contributed by atoms with E-state index in [1.54, 1.807) is 0 Å². The van der Waals surface area contributed by atoms with Crippen LogP contribution in [0.4, 0.5) is 0 Å². The highest BCUT2D eigenvalue weighted by atomic mass is 16.2. The molecule has 0 unspecified atom stereocenters. The number of likely N-dealkylation sites (tertiary alicyclic amines) is 1. The minimum Gasteiger partial charge on any atom is -0.336 e. The molecule has 108 valence electrons.